The molecule has 2 unspecified atom stereocenters. The quantitative estimate of drug-likeness (QED) is 0.156. The van der Waals surface area contributed by atoms with E-state index in [1.165, 1.54) is 31.3 Å². The van der Waals surface area contributed by atoms with Gasteiger partial charge in [-0.25, -0.2) is 4.39 Å². The summed E-state index contributed by atoms with van der Waals surface area (Å²) in [5, 5.41) is 6.78. The van der Waals surface area contributed by atoms with E-state index in [1.54, 1.807) is 6.07 Å². The van der Waals surface area contributed by atoms with Crippen LogP contribution in [0.25, 0.3) is 5.57 Å². The molecular formula is C37H51FN2O. The summed E-state index contributed by atoms with van der Waals surface area (Å²) in [4.78, 5) is 0. The van der Waals surface area contributed by atoms with E-state index < -0.39 is 0 Å². The summed E-state index contributed by atoms with van der Waals surface area (Å²) in [6, 6.07) is 1.58. The molecule has 222 valence electrons. The van der Waals surface area contributed by atoms with E-state index in [4.69, 9.17) is 4.74 Å². The lowest BCUT2D eigenvalue weighted by atomic mass is 9.84. The van der Waals surface area contributed by atoms with Crippen LogP contribution in [0.5, 0.6) is 5.75 Å². The van der Waals surface area contributed by atoms with Gasteiger partial charge in [0.25, 0.3) is 0 Å². The third-order valence-corrected chi connectivity index (χ3v) is 8.20. The van der Waals surface area contributed by atoms with Crippen LogP contribution in [0, 0.1) is 24.6 Å². The Kier molecular flexibility index (Phi) is 12.3. The molecule has 2 aliphatic rings. The van der Waals surface area contributed by atoms with Crippen molar-refractivity contribution in [1.29, 1.82) is 0 Å². The number of anilines is 1. The van der Waals surface area contributed by atoms with Crippen LogP contribution in [0.1, 0.15) is 90.7 Å². The summed E-state index contributed by atoms with van der Waals surface area (Å²) in [5.41, 5.74) is 6.79. The van der Waals surface area contributed by atoms with Gasteiger partial charge in [-0.15, -0.1) is 0 Å². The maximum atomic E-state index is 15.8. The highest BCUT2D eigenvalue weighted by atomic mass is 19.1. The smallest absolute Gasteiger partial charge is 0.157 e. The van der Waals surface area contributed by atoms with Crippen LogP contribution in [-0.2, 0) is 0 Å². The van der Waals surface area contributed by atoms with Crippen molar-refractivity contribution >= 4 is 11.3 Å². The lowest BCUT2D eigenvalue weighted by Gasteiger charge is -2.27. The summed E-state index contributed by atoms with van der Waals surface area (Å²) >= 11 is 0. The minimum atomic E-state index is -0.342. The van der Waals surface area contributed by atoms with Gasteiger partial charge in [0.05, 0.1) is 0 Å². The average molecular weight is 559 g/mol. The molecule has 0 bridgehead atoms. The second kappa shape index (κ2) is 15.7. The Hall–Kier alpha value is -3.27. The Morgan fingerprint density at radius 3 is 2.61 bits per heavy atom. The van der Waals surface area contributed by atoms with Crippen molar-refractivity contribution in [2.75, 3.05) is 18.4 Å². The first-order valence-corrected chi connectivity index (χ1v) is 15.5. The molecule has 0 saturated carbocycles. The highest BCUT2D eigenvalue weighted by molar-refractivity contribution is 5.85. The summed E-state index contributed by atoms with van der Waals surface area (Å²) < 4.78 is 22.4. The molecule has 0 amide bonds. The van der Waals surface area contributed by atoms with E-state index in [9.17, 15) is 0 Å². The summed E-state index contributed by atoms with van der Waals surface area (Å²) in [6.07, 6.45) is 20.5. The summed E-state index contributed by atoms with van der Waals surface area (Å²) in [5.74, 6) is 1.99. The monoisotopic (exact) mass is 558 g/mol. The van der Waals surface area contributed by atoms with Crippen LogP contribution >= 0.6 is 0 Å². The van der Waals surface area contributed by atoms with Crippen molar-refractivity contribution in [3.63, 3.8) is 0 Å². The number of fused-ring (bicyclic) bond motifs is 1. The Morgan fingerprint density at radius 2 is 1.90 bits per heavy atom. The van der Waals surface area contributed by atoms with Crippen molar-refractivity contribution in [1.82, 2.24) is 5.32 Å². The zero-order chi connectivity index (χ0) is 29.9. The zero-order valence-corrected chi connectivity index (χ0v) is 26.3. The van der Waals surface area contributed by atoms with Gasteiger partial charge >= 0.3 is 0 Å². The van der Waals surface area contributed by atoms with Crippen molar-refractivity contribution in [3.05, 3.63) is 101 Å². The molecule has 0 aromatic heterocycles. The molecule has 2 N–H and O–H groups in total. The Balaban J connectivity index is 1.86. The number of nitrogens with one attached hydrogen (secondary N) is 2. The maximum Gasteiger partial charge on any atom is 0.157 e. The number of hydrogen-bond donors (Lipinski definition) is 2. The van der Waals surface area contributed by atoms with Gasteiger partial charge in [0.1, 0.15) is 11.4 Å². The summed E-state index contributed by atoms with van der Waals surface area (Å²) in [7, 11) is 0. The second-order valence-corrected chi connectivity index (χ2v) is 11.6. The predicted molar refractivity (Wildman–Crippen MR) is 176 cm³/mol. The number of hydrogen-bond acceptors (Lipinski definition) is 3. The lowest BCUT2D eigenvalue weighted by molar-refractivity contribution is 0.422. The standard InChI is InChI=1S/C37H51FN2O/c1-9-12-13-16-25(4)19-21-39-29(8)32(11-3)27(6)33-24-34(38)36(40-20-10-2)37(28(33)7)41-35-23-31-18-15-14-17-30(31)22-26(35)5/h11,14-15,17-18,23-25,30,39-40H,6,8-10,12-13,16,19-22H2,1-5,7H3/b32-11+. The average Bonchev–Trinajstić information content (AvgIpc) is 2.95. The first kappa shape index (κ1) is 32.2. The maximum absolute atomic E-state index is 15.8. The van der Waals surface area contributed by atoms with Gasteiger partial charge < -0.3 is 15.4 Å². The summed E-state index contributed by atoms with van der Waals surface area (Å²) in [6.45, 7) is 22.9. The molecule has 0 spiro atoms. The first-order valence-electron chi connectivity index (χ1n) is 15.5. The number of benzene rings is 1. The molecule has 0 radical (unpaired) electrons. The second-order valence-electron chi connectivity index (χ2n) is 11.6. The topological polar surface area (TPSA) is 33.3 Å². The molecule has 0 heterocycles. The fourth-order valence-corrected chi connectivity index (χ4v) is 5.58. The van der Waals surface area contributed by atoms with E-state index in [0.29, 0.717) is 29.8 Å². The van der Waals surface area contributed by atoms with E-state index in [0.717, 1.165) is 65.1 Å². The number of halogens is 1. The van der Waals surface area contributed by atoms with Gasteiger partial charge in [-0.05, 0) is 85.9 Å². The van der Waals surface area contributed by atoms with Crippen molar-refractivity contribution < 1.29 is 9.13 Å². The molecule has 0 saturated heterocycles. The zero-order valence-electron chi connectivity index (χ0n) is 26.3. The minimum absolute atomic E-state index is 0.342. The van der Waals surface area contributed by atoms with Crippen LogP contribution < -0.4 is 15.4 Å². The number of ether oxygens (including phenoxy) is 1. The molecule has 2 aliphatic carbocycles. The molecule has 3 nitrogen and oxygen atoms in total. The SMILES string of the molecule is C=C(NCCC(C)CCCCC)/C(=C/C)C(=C)c1cc(F)c(NCCC)c(OC2=C(C)CC3C=CC=CC3=C2)c1C. The Morgan fingerprint density at radius 1 is 1.12 bits per heavy atom. The molecule has 0 aliphatic heterocycles. The van der Waals surface area contributed by atoms with Crippen LogP contribution in [0.3, 0.4) is 0 Å². The van der Waals surface area contributed by atoms with Gasteiger partial charge in [0, 0.05) is 30.3 Å². The van der Waals surface area contributed by atoms with Crippen molar-refractivity contribution in [3.8, 4) is 5.75 Å². The van der Waals surface area contributed by atoms with E-state index >= 15 is 4.39 Å². The highest BCUT2D eigenvalue weighted by Crippen LogP contribution is 2.42. The fraction of sp³-hybridized carbons (Fsp3) is 0.459. The van der Waals surface area contributed by atoms with Gasteiger partial charge in [-0.1, -0.05) is 90.0 Å². The van der Waals surface area contributed by atoms with Crippen LogP contribution in [0.15, 0.2) is 83.9 Å². The molecule has 0 fully saturated rings. The predicted octanol–water partition coefficient (Wildman–Crippen LogP) is 10.4. The van der Waals surface area contributed by atoms with E-state index in [-0.39, 0.29) is 5.82 Å². The molecule has 4 heteroatoms. The van der Waals surface area contributed by atoms with Gasteiger partial charge in [-0.3, -0.25) is 0 Å². The molecule has 1 aromatic carbocycles. The number of rotatable bonds is 16. The fourth-order valence-electron chi connectivity index (χ4n) is 5.58. The van der Waals surface area contributed by atoms with E-state index in [2.05, 4.69) is 81.9 Å². The molecular weight excluding hydrogens is 507 g/mol. The molecule has 2 atom stereocenters. The number of unbranched alkanes of at least 4 members (excludes halogenated alkanes) is 2. The normalized spacial score (nSPS) is 17.2. The van der Waals surface area contributed by atoms with Crippen LogP contribution in [-0.4, -0.2) is 13.1 Å². The lowest BCUT2D eigenvalue weighted by Crippen LogP contribution is -2.18. The van der Waals surface area contributed by atoms with Crippen LogP contribution in [0.2, 0.25) is 0 Å². The largest absolute Gasteiger partial charge is 0.455 e. The number of allylic oxidation sites excluding steroid dienone is 9. The van der Waals surface area contributed by atoms with Crippen molar-refractivity contribution in [2.24, 2.45) is 11.8 Å². The Bertz CT molecular complexity index is 1260. The Labute approximate surface area is 248 Å². The molecule has 3 rings (SSSR count). The van der Waals surface area contributed by atoms with Gasteiger partial charge in [0.15, 0.2) is 11.6 Å². The third kappa shape index (κ3) is 8.38. The molecule has 1 aromatic rings. The molecule has 41 heavy (non-hydrogen) atoms. The highest BCUT2D eigenvalue weighted by Gasteiger charge is 2.25. The van der Waals surface area contributed by atoms with Crippen LogP contribution in [0.4, 0.5) is 10.1 Å². The van der Waals surface area contributed by atoms with Gasteiger partial charge in [-0.2, -0.15) is 0 Å². The van der Waals surface area contributed by atoms with Crippen molar-refractivity contribution in [2.45, 2.75) is 86.5 Å². The van der Waals surface area contributed by atoms with E-state index in [1.807, 2.05) is 19.9 Å². The van der Waals surface area contributed by atoms with Gasteiger partial charge in [0.2, 0.25) is 0 Å². The third-order valence-electron chi connectivity index (χ3n) is 8.20. The first-order chi connectivity index (χ1) is 19.7. The minimum Gasteiger partial charge on any atom is -0.455 e.